The molecule has 0 aromatic carbocycles. The van der Waals surface area contributed by atoms with Crippen LogP contribution in [-0.2, 0) is 10.0 Å². The van der Waals surface area contributed by atoms with Crippen LogP contribution < -0.4 is 10.5 Å². The Bertz CT molecular complexity index is 281. The van der Waals surface area contributed by atoms with Crippen molar-refractivity contribution in [2.75, 3.05) is 18.8 Å². The zero-order chi connectivity index (χ0) is 12.8. The molecule has 16 heavy (non-hydrogen) atoms. The second-order valence-corrected chi connectivity index (χ2v) is 7.33. The van der Waals surface area contributed by atoms with Crippen LogP contribution in [0.1, 0.15) is 40.5 Å². The lowest BCUT2D eigenvalue weighted by molar-refractivity contribution is 0.442. The van der Waals surface area contributed by atoms with Crippen molar-refractivity contribution in [1.82, 2.24) is 4.72 Å². The number of hydrogen-bond donors (Lipinski definition) is 2. The zero-order valence-corrected chi connectivity index (χ0v) is 11.7. The van der Waals surface area contributed by atoms with E-state index in [0.717, 1.165) is 12.8 Å². The summed E-state index contributed by atoms with van der Waals surface area (Å²) in [4.78, 5) is 0. The summed E-state index contributed by atoms with van der Waals surface area (Å²) in [5.41, 5.74) is 5.26. The first kappa shape index (κ1) is 15.9. The van der Waals surface area contributed by atoms with Crippen LogP contribution in [0, 0.1) is 11.3 Å². The second kappa shape index (κ2) is 6.57. The molecule has 0 aliphatic rings. The van der Waals surface area contributed by atoms with E-state index in [9.17, 15) is 8.42 Å². The van der Waals surface area contributed by atoms with Gasteiger partial charge in [-0.1, -0.05) is 34.1 Å². The van der Waals surface area contributed by atoms with Crippen LogP contribution in [-0.4, -0.2) is 27.3 Å². The Hall–Kier alpha value is -0.130. The van der Waals surface area contributed by atoms with Gasteiger partial charge in [0.05, 0.1) is 5.75 Å². The lowest BCUT2D eigenvalue weighted by Gasteiger charge is -2.20. The SMILES string of the molecule is CCC(CCN)CNS(=O)(=O)CC(C)(C)C. The molecule has 4 nitrogen and oxygen atoms in total. The molecule has 0 saturated heterocycles. The van der Waals surface area contributed by atoms with Crippen LogP contribution in [0.3, 0.4) is 0 Å². The minimum Gasteiger partial charge on any atom is -0.330 e. The molecule has 1 atom stereocenters. The summed E-state index contributed by atoms with van der Waals surface area (Å²) in [5, 5.41) is 0. The predicted molar refractivity (Wildman–Crippen MR) is 68.7 cm³/mol. The highest BCUT2D eigenvalue weighted by Gasteiger charge is 2.21. The average Bonchev–Trinajstić information content (AvgIpc) is 2.08. The molecule has 3 N–H and O–H groups in total. The smallest absolute Gasteiger partial charge is 0.212 e. The van der Waals surface area contributed by atoms with Gasteiger partial charge in [-0.2, -0.15) is 0 Å². The molecule has 98 valence electrons. The third-order valence-corrected chi connectivity index (χ3v) is 4.22. The third kappa shape index (κ3) is 8.07. The lowest BCUT2D eigenvalue weighted by atomic mass is 10.0. The van der Waals surface area contributed by atoms with E-state index in [1.807, 2.05) is 20.8 Å². The molecule has 0 aliphatic heterocycles. The highest BCUT2D eigenvalue weighted by molar-refractivity contribution is 7.89. The molecule has 5 heteroatoms. The normalized spacial score (nSPS) is 15.1. The van der Waals surface area contributed by atoms with Gasteiger partial charge < -0.3 is 5.73 Å². The van der Waals surface area contributed by atoms with Crippen molar-refractivity contribution in [2.24, 2.45) is 17.1 Å². The molecule has 0 rings (SSSR count). The Morgan fingerprint density at radius 1 is 1.31 bits per heavy atom. The first-order chi connectivity index (χ1) is 7.20. The molecule has 0 aromatic heterocycles. The molecule has 0 aliphatic carbocycles. The van der Waals surface area contributed by atoms with Crippen molar-refractivity contribution in [3.63, 3.8) is 0 Å². The summed E-state index contributed by atoms with van der Waals surface area (Å²) in [6.07, 6.45) is 1.82. The molecule has 0 spiro atoms. The van der Waals surface area contributed by atoms with Gasteiger partial charge in [0.1, 0.15) is 0 Å². The van der Waals surface area contributed by atoms with Crippen molar-refractivity contribution in [1.29, 1.82) is 0 Å². The fourth-order valence-electron chi connectivity index (χ4n) is 1.55. The Morgan fingerprint density at radius 2 is 1.88 bits per heavy atom. The topological polar surface area (TPSA) is 72.2 Å². The van der Waals surface area contributed by atoms with E-state index in [4.69, 9.17) is 5.73 Å². The summed E-state index contributed by atoms with van der Waals surface area (Å²) in [5.74, 6) is 0.513. The van der Waals surface area contributed by atoms with E-state index < -0.39 is 10.0 Å². The van der Waals surface area contributed by atoms with Crippen LogP contribution in [0.2, 0.25) is 0 Å². The van der Waals surface area contributed by atoms with Crippen LogP contribution in [0.15, 0.2) is 0 Å². The Balaban J connectivity index is 4.17. The van der Waals surface area contributed by atoms with Crippen molar-refractivity contribution < 1.29 is 8.42 Å². The number of nitrogens with one attached hydrogen (secondary N) is 1. The molecule has 0 heterocycles. The first-order valence-electron chi connectivity index (χ1n) is 5.87. The number of nitrogens with two attached hydrogens (primary N) is 1. The molecule has 0 amide bonds. The van der Waals surface area contributed by atoms with Crippen LogP contribution in [0.5, 0.6) is 0 Å². The van der Waals surface area contributed by atoms with E-state index >= 15 is 0 Å². The van der Waals surface area contributed by atoms with Crippen LogP contribution in [0.25, 0.3) is 0 Å². The molecule has 1 unspecified atom stereocenters. The van der Waals surface area contributed by atoms with E-state index in [2.05, 4.69) is 11.6 Å². The average molecular weight is 250 g/mol. The maximum absolute atomic E-state index is 11.7. The summed E-state index contributed by atoms with van der Waals surface area (Å²) in [6, 6.07) is 0. The largest absolute Gasteiger partial charge is 0.330 e. The van der Waals surface area contributed by atoms with Gasteiger partial charge in [-0.25, -0.2) is 13.1 Å². The van der Waals surface area contributed by atoms with E-state index in [-0.39, 0.29) is 11.2 Å². The van der Waals surface area contributed by atoms with Crippen LogP contribution in [0.4, 0.5) is 0 Å². The van der Waals surface area contributed by atoms with Crippen molar-refractivity contribution in [3.8, 4) is 0 Å². The lowest BCUT2D eigenvalue weighted by Crippen LogP contribution is -2.35. The van der Waals surface area contributed by atoms with Crippen molar-refractivity contribution in [3.05, 3.63) is 0 Å². The summed E-state index contributed by atoms with van der Waals surface area (Å²) < 4.78 is 26.1. The fraction of sp³-hybridized carbons (Fsp3) is 1.00. The molecular weight excluding hydrogens is 224 g/mol. The van der Waals surface area contributed by atoms with Gasteiger partial charge in [0.15, 0.2) is 0 Å². The van der Waals surface area contributed by atoms with Crippen molar-refractivity contribution in [2.45, 2.75) is 40.5 Å². The van der Waals surface area contributed by atoms with Gasteiger partial charge in [0.2, 0.25) is 10.0 Å². The van der Waals surface area contributed by atoms with Gasteiger partial charge in [-0.15, -0.1) is 0 Å². The Labute approximate surface area is 100 Å². The molecular formula is C11H26N2O2S. The maximum atomic E-state index is 11.7. The minimum atomic E-state index is -3.15. The standard InChI is InChI=1S/C11H26N2O2S/c1-5-10(6-7-12)8-13-16(14,15)9-11(2,3)4/h10,13H,5-9,12H2,1-4H3. The molecule has 0 saturated carbocycles. The summed E-state index contributed by atoms with van der Waals surface area (Å²) in [7, 11) is -3.15. The predicted octanol–water partition coefficient (Wildman–Crippen LogP) is 1.33. The minimum absolute atomic E-state index is 0.166. The summed E-state index contributed by atoms with van der Waals surface area (Å²) >= 11 is 0. The van der Waals surface area contributed by atoms with Crippen molar-refractivity contribution >= 4 is 10.0 Å². The van der Waals surface area contributed by atoms with Gasteiger partial charge in [-0.05, 0) is 24.3 Å². The molecule has 0 radical (unpaired) electrons. The van der Waals surface area contributed by atoms with Gasteiger partial charge >= 0.3 is 0 Å². The highest BCUT2D eigenvalue weighted by atomic mass is 32.2. The van der Waals surface area contributed by atoms with Gasteiger partial charge in [-0.3, -0.25) is 0 Å². The fourth-order valence-corrected chi connectivity index (χ4v) is 3.28. The molecule has 0 fully saturated rings. The van der Waals surface area contributed by atoms with Gasteiger partial charge in [0.25, 0.3) is 0 Å². The monoisotopic (exact) mass is 250 g/mol. The van der Waals surface area contributed by atoms with Gasteiger partial charge in [0, 0.05) is 6.54 Å². The third-order valence-electron chi connectivity index (χ3n) is 2.37. The molecule has 0 aromatic rings. The quantitative estimate of drug-likeness (QED) is 0.716. The highest BCUT2D eigenvalue weighted by Crippen LogP contribution is 2.15. The Kier molecular flexibility index (Phi) is 6.51. The zero-order valence-electron chi connectivity index (χ0n) is 10.9. The van der Waals surface area contributed by atoms with E-state index in [1.54, 1.807) is 0 Å². The van der Waals surface area contributed by atoms with Crippen LogP contribution >= 0.6 is 0 Å². The number of sulfonamides is 1. The maximum Gasteiger partial charge on any atom is 0.212 e. The summed E-state index contributed by atoms with van der Waals surface area (Å²) in [6.45, 7) is 8.93. The Morgan fingerprint density at radius 3 is 2.25 bits per heavy atom. The van der Waals surface area contributed by atoms with E-state index in [1.165, 1.54) is 0 Å². The van der Waals surface area contributed by atoms with E-state index in [0.29, 0.717) is 19.0 Å². The molecule has 0 bridgehead atoms. The second-order valence-electron chi connectivity index (χ2n) is 5.52. The first-order valence-corrected chi connectivity index (χ1v) is 7.53. The number of hydrogen-bond acceptors (Lipinski definition) is 3. The number of rotatable bonds is 7.